The fourth-order valence-electron chi connectivity index (χ4n) is 4.05. The van der Waals surface area contributed by atoms with Gasteiger partial charge in [0.15, 0.2) is 0 Å². The van der Waals surface area contributed by atoms with Gasteiger partial charge in [-0.15, -0.1) is 0 Å². The Bertz CT molecular complexity index is 533. The third-order valence-electron chi connectivity index (χ3n) is 5.84. The minimum absolute atomic E-state index is 0.0500. The molecule has 6 heteroatoms. The molecule has 2 aliphatic carbocycles. The second-order valence-electron chi connectivity index (χ2n) is 7.72. The molecule has 2 N–H and O–H groups in total. The molecule has 2 atom stereocenters. The summed E-state index contributed by atoms with van der Waals surface area (Å²) in [5.74, 6) is 1.08. The number of halogens is 3. The highest BCUT2D eigenvalue weighted by atomic mass is 19.4. The molecule has 154 valence electrons. The van der Waals surface area contributed by atoms with Gasteiger partial charge in [0, 0.05) is 12.5 Å². The number of rotatable bonds is 6. The zero-order valence-corrected chi connectivity index (χ0v) is 16.5. The first-order valence-electron chi connectivity index (χ1n) is 10.3. The topological polar surface area (TPSA) is 41.1 Å². The van der Waals surface area contributed by atoms with Gasteiger partial charge in [0.05, 0.1) is 5.57 Å². The van der Waals surface area contributed by atoms with Crippen LogP contribution >= 0.6 is 0 Å². The minimum Gasteiger partial charge on any atom is -0.356 e. The lowest BCUT2D eigenvalue weighted by Gasteiger charge is -2.11. The van der Waals surface area contributed by atoms with Crippen molar-refractivity contribution in [3.63, 3.8) is 0 Å². The van der Waals surface area contributed by atoms with Crippen LogP contribution in [0.25, 0.3) is 0 Å². The summed E-state index contributed by atoms with van der Waals surface area (Å²) in [7, 11) is 0. The standard InChI is InChI=1S/C16H23F3N2O.C5H10/c1-3-10(7-11(4-2)16(17,18)19)5-6-21-15(22)14-12-8-20-9-13(12)14;1-2-4-5-3-1/h4,7,12-14,20H,3,5-6,8-9H2,1-2H3,(H,21,22);1-5H2/b10-7+,11-4+;. The third kappa shape index (κ3) is 6.66. The molecule has 0 spiro atoms. The second-order valence-corrected chi connectivity index (χ2v) is 7.72. The summed E-state index contributed by atoms with van der Waals surface area (Å²) >= 11 is 0. The van der Waals surface area contributed by atoms with Crippen LogP contribution in [0.2, 0.25) is 0 Å². The zero-order chi connectivity index (χ0) is 19.9. The average Bonchev–Trinajstić information content (AvgIpc) is 3.09. The first kappa shape index (κ1) is 22.0. The van der Waals surface area contributed by atoms with Gasteiger partial charge >= 0.3 is 6.18 Å². The van der Waals surface area contributed by atoms with E-state index in [1.165, 1.54) is 45.1 Å². The fourth-order valence-corrected chi connectivity index (χ4v) is 4.05. The average molecular weight is 387 g/mol. The van der Waals surface area contributed by atoms with Gasteiger partial charge in [-0.1, -0.05) is 56.8 Å². The van der Waals surface area contributed by atoms with Crippen molar-refractivity contribution >= 4 is 5.91 Å². The molecule has 1 saturated heterocycles. The Balaban J connectivity index is 0.000000451. The van der Waals surface area contributed by atoms with E-state index in [2.05, 4.69) is 10.6 Å². The van der Waals surface area contributed by atoms with Crippen molar-refractivity contribution < 1.29 is 18.0 Å². The molecule has 2 unspecified atom stereocenters. The first-order chi connectivity index (χ1) is 12.9. The van der Waals surface area contributed by atoms with Crippen molar-refractivity contribution in [2.75, 3.05) is 19.6 Å². The molecule has 1 amide bonds. The van der Waals surface area contributed by atoms with Gasteiger partial charge in [-0.2, -0.15) is 13.2 Å². The highest BCUT2D eigenvalue weighted by Gasteiger charge is 2.56. The predicted octanol–water partition coefficient (Wildman–Crippen LogP) is 4.75. The lowest BCUT2D eigenvalue weighted by Crippen LogP contribution is -2.30. The second kappa shape index (κ2) is 10.3. The molecule has 3 aliphatic rings. The number of amides is 1. The maximum Gasteiger partial charge on any atom is 0.416 e. The molecule has 3 fully saturated rings. The lowest BCUT2D eigenvalue weighted by atomic mass is 10.1. The van der Waals surface area contributed by atoms with Crippen LogP contribution in [0.3, 0.4) is 0 Å². The number of carbonyl (C=O) groups is 1. The number of nitrogens with one attached hydrogen (secondary N) is 2. The van der Waals surface area contributed by atoms with Crippen molar-refractivity contribution in [2.45, 2.75) is 65.0 Å². The SMILES string of the molecule is C/C=C(\C=C(/CC)CCNC(=O)C1C2CNCC21)C(F)(F)F.C1CCCC1. The van der Waals surface area contributed by atoms with Crippen LogP contribution in [0.4, 0.5) is 13.2 Å². The number of hydrogen-bond acceptors (Lipinski definition) is 2. The summed E-state index contributed by atoms with van der Waals surface area (Å²) in [5.41, 5.74) is 0.0712. The quantitative estimate of drug-likeness (QED) is 0.647. The normalized spacial score (nSPS) is 27.7. The molecule has 27 heavy (non-hydrogen) atoms. The number of allylic oxidation sites excluding steroid dienone is 3. The van der Waals surface area contributed by atoms with Gasteiger partial charge in [-0.3, -0.25) is 4.79 Å². The van der Waals surface area contributed by atoms with Gasteiger partial charge in [0.2, 0.25) is 5.91 Å². The Morgan fingerprint density at radius 3 is 2.11 bits per heavy atom. The molecule has 1 heterocycles. The van der Waals surface area contributed by atoms with E-state index in [0.29, 0.717) is 36.8 Å². The predicted molar refractivity (Wildman–Crippen MR) is 102 cm³/mol. The largest absolute Gasteiger partial charge is 0.416 e. The third-order valence-corrected chi connectivity index (χ3v) is 5.84. The van der Waals surface area contributed by atoms with E-state index in [1.807, 2.05) is 6.92 Å². The van der Waals surface area contributed by atoms with Gasteiger partial charge in [-0.05, 0) is 44.7 Å². The summed E-state index contributed by atoms with van der Waals surface area (Å²) < 4.78 is 38.2. The molecule has 2 saturated carbocycles. The number of carbonyl (C=O) groups excluding carboxylic acids is 1. The zero-order valence-electron chi connectivity index (χ0n) is 16.5. The van der Waals surface area contributed by atoms with Crippen LogP contribution in [0, 0.1) is 17.8 Å². The molecule has 3 rings (SSSR count). The Morgan fingerprint density at radius 1 is 1.11 bits per heavy atom. The van der Waals surface area contributed by atoms with Crippen molar-refractivity contribution in [3.8, 4) is 0 Å². The lowest BCUT2D eigenvalue weighted by molar-refractivity contribution is -0.123. The van der Waals surface area contributed by atoms with Crippen molar-refractivity contribution in [1.29, 1.82) is 0 Å². The number of hydrogen-bond donors (Lipinski definition) is 2. The summed E-state index contributed by atoms with van der Waals surface area (Å²) in [6.45, 7) is 5.41. The molecular formula is C21H33F3N2O. The summed E-state index contributed by atoms with van der Waals surface area (Å²) in [6, 6.07) is 0. The number of piperidine rings is 1. The van der Waals surface area contributed by atoms with E-state index in [1.54, 1.807) is 0 Å². The Kier molecular flexibility index (Phi) is 8.39. The van der Waals surface area contributed by atoms with E-state index in [9.17, 15) is 18.0 Å². The maximum absolute atomic E-state index is 12.7. The summed E-state index contributed by atoms with van der Waals surface area (Å²) in [6.07, 6.45) is 6.45. The van der Waals surface area contributed by atoms with E-state index >= 15 is 0 Å². The van der Waals surface area contributed by atoms with Crippen LogP contribution in [0.15, 0.2) is 23.3 Å². The molecule has 1 aliphatic heterocycles. The molecule has 0 aromatic rings. The van der Waals surface area contributed by atoms with Crippen LogP contribution < -0.4 is 10.6 Å². The Morgan fingerprint density at radius 2 is 1.67 bits per heavy atom. The molecule has 0 radical (unpaired) electrons. The van der Waals surface area contributed by atoms with Crippen LogP contribution in [-0.2, 0) is 4.79 Å². The monoisotopic (exact) mass is 386 g/mol. The number of fused-ring (bicyclic) bond motifs is 1. The fraction of sp³-hybridized carbons (Fsp3) is 0.762. The summed E-state index contributed by atoms with van der Waals surface area (Å²) in [4.78, 5) is 12.0. The molecule has 0 aromatic heterocycles. The highest BCUT2D eigenvalue weighted by molar-refractivity contribution is 5.82. The van der Waals surface area contributed by atoms with Crippen molar-refractivity contribution in [2.24, 2.45) is 17.8 Å². The minimum atomic E-state index is -4.32. The first-order valence-corrected chi connectivity index (χ1v) is 10.3. The van der Waals surface area contributed by atoms with Gasteiger partial charge in [-0.25, -0.2) is 0 Å². The van der Waals surface area contributed by atoms with Gasteiger partial charge < -0.3 is 10.6 Å². The Labute approximate surface area is 160 Å². The van der Waals surface area contributed by atoms with E-state index in [4.69, 9.17) is 0 Å². The molecular weight excluding hydrogens is 353 g/mol. The maximum atomic E-state index is 12.7. The molecule has 0 bridgehead atoms. The van der Waals surface area contributed by atoms with Crippen molar-refractivity contribution in [3.05, 3.63) is 23.3 Å². The summed E-state index contributed by atoms with van der Waals surface area (Å²) in [5, 5.41) is 6.09. The van der Waals surface area contributed by atoms with Gasteiger partial charge in [0.25, 0.3) is 0 Å². The van der Waals surface area contributed by atoms with Crippen LogP contribution in [0.5, 0.6) is 0 Å². The molecule has 3 nitrogen and oxygen atoms in total. The Hall–Kier alpha value is -1.30. The van der Waals surface area contributed by atoms with Crippen molar-refractivity contribution in [1.82, 2.24) is 10.6 Å². The number of alkyl halides is 3. The highest BCUT2D eigenvalue weighted by Crippen LogP contribution is 2.48. The van der Waals surface area contributed by atoms with E-state index in [-0.39, 0.29) is 11.8 Å². The van der Waals surface area contributed by atoms with Gasteiger partial charge in [0.1, 0.15) is 0 Å². The smallest absolute Gasteiger partial charge is 0.356 e. The van der Waals surface area contributed by atoms with E-state index in [0.717, 1.165) is 19.2 Å². The van der Waals surface area contributed by atoms with Crippen LogP contribution in [0.1, 0.15) is 58.8 Å². The van der Waals surface area contributed by atoms with E-state index < -0.39 is 11.7 Å². The van der Waals surface area contributed by atoms with Crippen LogP contribution in [-0.4, -0.2) is 31.7 Å². The molecule has 0 aromatic carbocycles.